The zero-order valence-electron chi connectivity index (χ0n) is 19.3. The third-order valence-electron chi connectivity index (χ3n) is 6.49. The minimum Gasteiger partial charge on any atom is -0.439 e. The Morgan fingerprint density at radius 1 is 0.943 bits per heavy atom. The van der Waals surface area contributed by atoms with Crippen LogP contribution >= 0.6 is 0 Å². The molecule has 0 radical (unpaired) electrons. The highest BCUT2D eigenvalue weighted by Gasteiger charge is 2.32. The first-order valence-electron chi connectivity index (χ1n) is 11.8. The van der Waals surface area contributed by atoms with Gasteiger partial charge in [0.25, 0.3) is 5.91 Å². The maximum Gasteiger partial charge on any atom is 0.410 e. The molecule has 1 atom stereocenters. The highest BCUT2D eigenvalue weighted by Crippen LogP contribution is 2.27. The number of cyclic esters (lactones) is 1. The minimum atomic E-state index is -0.416. The molecule has 7 nitrogen and oxygen atoms in total. The molecular formula is C27H27FN4O3. The van der Waals surface area contributed by atoms with E-state index >= 15 is 0 Å². The fourth-order valence-electron chi connectivity index (χ4n) is 4.50. The SMILES string of the molecule is O=C1OC(c2ccc(F)cc2)CN1Cc1ccc(C(=O)N2CCN(Cc3cccnc3)CC2)cc1. The molecule has 0 bridgehead atoms. The molecule has 2 aromatic carbocycles. The number of hydrogen-bond donors (Lipinski definition) is 0. The molecule has 1 unspecified atom stereocenters. The second-order valence-electron chi connectivity index (χ2n) is 8.93. The van der Waals surface area contributed by atoms with Crippen molar-refractivity contribution in [3.8, 4) is 0 Å². The number of nitrogens with zero attached hydrogens (tertiary/aromatic N) is 4. The van der Waals surface area contributed by atoms with Crippen LogP contribution in [0.3, 0.4) is 0 Å². The van der Waals surface area contributed by atoms with E-state index in [1.165, 1.54) is 17.7 Å². The van der Waals surface area contributed by atoms with Gasteiger partial charge in [0.05, 0.1) is 6.54 Å². The molecule has 0 spiro atoms. The van der Waals surface area contributed by atoms with E-state index in [0.717, 1.165) is 30.8 Å². The number of pyridine rings is 1. The Kier molecular flexibility index (Phi) is 6.72. The standard InChI is InChI=1S/C27H27FN4O3/c28-24-9-7-22(8-10-24)25-19-32(27(34)35-25)18-20-3-5-23(6-4-20)26(33)31-14-12-30(13-15-31)17-21-2-1-11-29-16-21/h1-11,16,25H,12-15,17-19H2. The molecule has 35 heavy (non-hydrogen) atoms. The minimum absolute atomic E-state index is 0.0227. The Morgan fingerprint density at radius 2 is 1.69 bits per heavy atom. The van der Waals surface area contributed by atoms with Crippen molar-refractivity contribution in [2.75, 3.05) is 32.7 Å². The van der Waals surface area contributed by atoms with E-state index in [-0.39, 0.29) is 11.7 Å². The molecule has 2 aliphatic heterocycles. The van der Waals surface area contributed by atoms with E-state index < -0.39 is 12.2 Å². The second kappa shape index (κ2) is 10.2. The predicted molar refractivity (Wildman–Crippen MR) is 128 cm³/mol. The molecule has 2 fully saturated rings. The normalized spacial score (nSPS) is 18.5. The molecule has 2 aliphatic rings. The quantitative estimate of drug-likeness (QED) is 0.543. The van der Waals surface area contributed by atoms with Gasteiger partial charge in [0, 0.05) is 57.2 Å². The van der Waals surface area contributed by atoms with Crippen molar-refractivity contribution in [1.29, 1.82) is 0 Å². The number of halogens is 1. The number of carbonyl (C=O) groups is 2. The molecule has 2 saturated heterocycles. The molecule has 1 aromatic heterocycles. The molecule has 3 aromatic rings. The van der Waals surface area contributed by atoms with Crippen molar-refractivity contribution in [2.45, 2.75) is 19.2 Å². The summed E-state index contributed by atoms with van der Waals surface area (Å²) in [4.78, 5) is 35.3. The summed E-state index contributed by atoms with van der Waals surface area (Å²) in [6.07, 6.45) is 2.83. The van der Waals surface area contributed by atoms with Crippen LogP contribution in [0.25, 0.3) is 0 Å². The lowest BCUT2D eigenvalue weighted by Gasteiger charge is -2.34. The lowest BCUT2D eigenvalue weighted by Crippen LogP contribution is -2.48. The number of hydrogen-bond acceptors (Lipinski definition) is 5. The molecule has 0 aliphatic carbocycles. The topological polar surface area (TPSA) is 66.0 Å². The number of piperazine rings is 1. The summed E-state index contributed by atoms with van der Waals surface area (Å²) < 4.78 is 18.6. The molecule has 0 saturated carbocycles. The summed E-state index contributed by atoms with van der Waals surface area (Å²) in [7, 11) is 0. The highest BCUT2D eigenvalue weighted by atomic mass is 19.1. The Balaban J connectivity index is 1.13. The molecule has 0 N–H and O–H groups in total. The van der Waals surface area contributed by atoms with Crippen LogP contribution in [0.5, 0.6) is 0 Å². The first-order valence-corrected chi connectivity index (χ1v) is 11.8. The fraction of sp³-hybridized carbons (Fsp3) is 0.296. The Morgan fingerprint density at radius 3 is 2.37 bits per heavy atom. The van der Waals surface area contributed by atoms with Gasteiger partial charge in [-0.15, -0.1) is 0 Å². The lowest BCUT2D eigenvalue weighted by atomic mass is 10.1. The number of ether oxygens (including phenoxy) is 1. The predicted octanol–water partition coefficient (Wildman–Crippen LogP) is 3.87. The second-order valence-corrected chi connectivity index (χ2v) is 8.93. The number of aromatic nitrogens is 1. The van der Waals surface area contributed by atoms with E-state index in [0.29, 0.717) is 31.7 Å². The number of rotatable bonds is 6. The van der Waals surface area contributed by atoms with E-state index in [1.54, 1.807) is 23.2 Å². The van der Waals surface area contributed by atoms with Crippen LogP contribution in [-0.2, 0) is 17.8 Å². The molecule has 8 heteroatoms. The van der Waals surface area contributed by atoms with Crippen LogP contribution in [0.15, 0.2) is 73.1 Å². The summed E-state index contributed by atoms with van der Waals surface area (Å²) in [5, 5.41) is 0. The van der Waals surface area contributed by atoms with Gasteiger partial charge in [-0.1, -0.05) is 30.3 Å². The van der Waals surface area contributed by atoms with Crippen molar-refractivity contribution < 1.29 is 18.7 Å². The smallest absolute Gasteiger partial charge is 0.410 e. The number of benzene rings is 2. The third-order valence-corrected chi connectivity index (χ3v) is 6.49. The zero-order chi connectivity index (χ0) is 24.2. The number of carbonyl (C=O) groups excluding carboxylic acids is 2. The first-order chi connectivity index (χ1) is 17.0. The highest BCUT2D eigenvalue weighted by molar-refractivity contribution is 5.94. The summed E-state index contributed by atoms with van der Waals surface area (Å²) in [6, 6.07) is 17.4. The lowest BCUT2D eigenvalue weighted by molar-refractivity contribution is 0.0628. The monoisotopic (exact) mass is 474 g/mol. The summed E-state index contributed by atoms with van der Waals surface area (Å²) in [5.41, 5.74) is 3.50. The van der Waals surface area contributed by atoms with Crippen LogP contribution in [0.1, 0.15) is 33.2 Å². The maximum absolute atomic E-state index is 13.2. The van der Waals surface area contributed by atoms with Crippen molar-refractivity contribution in [3.63, 3.8) is 0 Å². The van der Waals surface area contributed by atoms with Gasteiger partial charge < -0.3 is 9.64 Å². The van der Waals surface area contributed by atoms with Crippen molar-refractivity contribution in [1.82, 2.24) is 19.7 Å². The van der Waals surface area contributed by atoms with Crippen molar-refractivity contribution in [3.05, 3.63) is 101 Å². The molecular weight excluding hydrogens is 447 g/mol. The largest absolute Gasteiger partial charge is 0.439 e. The van der Waals surface area contributed by atoms with Gasteiger partial charge in [-0.2, -0.15) is 0 Å². The van der Waals surface area contributed by atoms with Crippen molar-refractivity contribution in [2.24, 2.45) is 0 Å². The van der Waals surface area contributed by atoms with Crippen LogP contribution in [0.2, 0.25) is 0 Å². The van der Waals surface area contributed by atoms with Crippen LogP contribution in [0.4, 0.5) is 9.18 Å². The molecule has 180 valence electrons. The average molecular weight is 475 g/mol. The zero-order valence-corrected chi connectivity index (χ0v) is 19.3. The van der Waals surface area contributed by atoms with Crippen LogP contribution in [0, 0.1) is 5.82 Å². The van der Waals surface area contributed by atoms with Crippen molar-refractivity contribution >= 4 is 12.0 Å². The van der Waals surface area contributed by atoms with Gasteiger partial charge in [-0.25, -0.2) is 9.18 Å². The third kappa shape index (κ3) is 5.49. The first kappa shape index (κ1) is 23.0. The summed E-state index contributed by atoms with van der Waals surface area (Å²) in [6.45, 7) is 4.64. The van der Waals surface area contributed by atoms with E-state index in [1.807, 2.05) is 41.4 Å². The molecule has 3 heterocycles. The Bertz CT molecular complexity index is 1160. The Hall–Kier alpha value is -3.78. The summed E-state index contributed by atoms with van der Waals surface area (Å²) >= 11 is 0. The van der Waals surface area contributed by atoms with E-state index in [9.17, 15) is 14.0 Å². The van der Waals surface area contributed by atoms with Crippen LogP contribution in [-0.4, -0.2) is 64.4 Å². The van der Waals surface area contributed by atoms with E-state index in [4.69, 9.17) is 4.74 Å². The van der Waals surface area contributed by atoms with E-state index in [2.05, 4.69) is 16.0 Å². The average Bonchev–Trinajstić information content (AvgIpc) is 3.25. The Labute approximate surface area is 203 Å². The molecule has 2 amide bonds. The van der Waals surface area contributed by atoms with Crippen LogP contribution < -0.4 is 0 Å². The maximum atomic E-state index is 13.2. The summed E-state index contributed by atoms with van der Waals surface area (Å²) in [5.74, 6) is -0.300. The number of amides is 2. The van der Waals surface area contributed by atoms with Gasteiger partial charge in [0.1, 0.15) is 11.9 Å². The van der Waals surface area contributed by atoms with Gasteiger partial charge in [-0.3, -0.25) is 19.6 Å². The van der Waals surface area contributed by atoms with Gasteiger partial charge in [-0.05, 0) is 47.0 Å². The van der Waals surface area contributed by atoms with Gasteiger partial charge in [0.15, 0.2) is 0 Å². The fourth-order valence-corrected chi connectivity index (χ4v) is 4.50. The molecule has 5 rings (SSSR count). The van der Waals surface area contributed by atoms with Gasteiger partial charge >= 0.3 is 6.09 Å². The van der Waals surface area contributed by atoms with Gasteiger partial charge in [0.2, 0.25) is 0 Å².